The summed E-state index contributed by atoms with van der Waals surface area (Å²) in [6.07, 6.45) is 0. The van der Waals surface area contributed by atoms with E-state index in [1.165, 1.54) is 66.8 Å². The SMILES string of the molecule is ClC12c3ccccc3C(c3ccccc3C1C13c4ccccc4C(c4ccccc41)c1ccccc13)c1ccccc12. The molecule has 0 N–H and O–H groups in total. The van der Waals surface area contributed by atoms with E-state index in [0.717, 1.165) is 0 Å². The van der Waals surface area contributed by atoms with E-state index in [1.54, 1.807) is 0 Å². The van der Waals surface area contributed by atoms with Gasteiger partial charge >= 0.3 is 0 Å². The molecule has 0 amide bonds. The zero-order chi connectivity index (χ0) is 27.6. The van der Waals surface area contributed by atoms with Gasteiger partial charge in [-0.15, -0.1) is 11.6 Å². The van der Waals surface area contributed by atoms with Crippen LogP contribution in [0.25, 0.3) is 0 Å². The second-order valence-corrected chi connectivity index (χ2v) is 13.0. The molecule has 0 heterocycles. The van der Waals surface area contributed by atoms with Crippen LogP contribution in [-0.2, 0) is 10.3 Å². The highest BCUT2D eigenvalue weighted by Crippen LogP contribution is 2.72. The van der Waals surface area contributed by atoms with Gasteiger partial charge in [-0.3, -0.25) is 0 Å². The van der Waals surface area contributed by atoms with Crippen LogP contribution >= 0.6 is 11.6 Å². The van der Waals surface area contributed by atoms with Gasteiger partial charge in [-0.1, -0.05) is 146 Å². The Kier molecular flexibility index (Phi) is 4.37. The standard InChI is InChI=1S/C41H27Cl/c42-41-35-23-11-6-18-30(35)37(31-19-7-12-24-36(31)41)25-13-1-2-14-26(25)39(41)40-32-20-8-3-15-27(32)38(28-16-4-9-21-33(28)40)29-17-5-10-22-34(29)40/h1-24,37-39H. The van der Waals surface area contributed by atoms with Gasteiger partial charge in [0.2, 0.25) is 0 Å². The van der Waals surface area contributed by atoms with Crippen molar-refractivity contribution in [3.63, 3.8) is 0 Å². The third-order valence-electron chi connectivity index (χ3n) is 10.9. The van der Waals surface area contributed by atoms with Crippen LogP contribution in [0.4, 0.5) is 0 Å². The van der Waals surface area contributed by atoms with Crippen molar-refractivity contribution in [1.82, 2.24) is 0 Å². The van der Waals surface area contributed by atoms with Crippen molar-refractivity contribution in [2.24, 2.45) is 0 Å². The lowest BCUT2D eigenvalue weighted by Crippen LogP contribution is -2.52. The van der Waals surface area contributed by atoms with Crippen molar-refractivity contribution in [3.05, 3.63) is 212 Å². The van der Waals surface area contributed by atoms with E-state index in [-0.39, 0.29) is 17.8 Å². The zero-order valence-corrected chi connectivity index (χ0v) is 23.7. The molecule has 12 rings (SSSR count). The Balaban J connectivity index is 1.47. The summed E-state index contributed by atoms with van der Waals surface area (Å²) in [5.41, 5.74) is 15.8. The van der Waals surface area contributed by atoms with Crippen molar-refractivity contribution >= 4 is 11.6 Å². The summed E-state index contributed by atoms with van der Waals surface area (Å²) in [6.45, 7) is 0. The van der Waals surface area contributed by atoms with E-state index in [4.69, 9.17) is 11.6 Å². The van der Waals surface area contributed by atoms with Crippen LogP contribution in [0.15, 0.2) is 146 Å². The summed E-state index contributed by atoms with van der Waals surface area (Å²) in [5.74, 6) is 0.267. The average molecular weight is 555 g/mol. The maximum Gasteiger partial charge on any atom is 0.103 e. The normalized spacial score (nSPS) is 26.6. The molecule has 0 nitrogen and oxygen atoms in total. The number of hydrogen-bond acceptors (Lipinski definition) is 0. The molecule has 6 aromatic carbocycles. The van der Waals surface area contributed by atoms with Crippen LogP contribution in [0.2, 0.25) is 0 Å². The Morgan fingerprint density at radius 1 is 0.333 bits per heavy atom. The third-order valence-corrected chi connectivity index (χ3v) is 11.5. The van der Waals surface area contributed by atoms with Crippen LogP contribution in [0.1, 0.15) is 84.5 Å². The zero-order valence-electron chi connectivity index (χ0n) is 23.0. The summed E-state index contributed by atoms with van der Waals surface area (Å²) in [4.78, 5) is -0.798. The molecule has 4 bridgehead atoms. The van der Waals surface area contributed by atoms with E-state index in [1.807, 2.05) is 0 Å². The maximum absolute atomic E-state index is 8.58. The van der Waals surface area contributed by atoms with E-state index in [2.05, 4.69) is 146 Å². The lowest BCUT2D eigenvalue weighted by atomic mass is 9.45. The molecule has 198 valence electrons. The molecule has 6 aliphatic carbocycles. The van der Waals surface area contributed by atoms with E-state index >= 15 is 0 Å². The first-order valence-corrected chi connectivity index (χ1v) is 15.4. The maximum atomic E-state index is 8.58. The number of hydrogen-bond donors (Lipinski definition) is 0. The second kappa shape index (κ2) is 7.91. The van der Waals surface area contributed by atoms with Crippen LogP contribution in [0.3, 0.4) is 0 Å². The lowest BCUT2D eigenvalue weighted by molar-refractivity contribution is 0.379. The van der Waals surface area contributed by atoms with Crippen molar-refractivity contribution in [2.75, 3.05) is 0 Å². The predicted octanol–water partition coefficient (Wildman–Crippen LogP) is 9.60. The number of rotatable bonds is 1. The van der Waals surface area contributed by atoms with Crippen LogP contribution in [-0.4, -0.2) is 0 Å². The van der Waals surface area contributed by atoms with E-state index in [9.17, 15) is 0 Å². The Hall–Kier alpha value is -4.39. The Morgan fingerprint density at radius 3 is 1.05 bits per heavy atom. The van der Waals surface area contributed by atoms with Crippen LogP contribution in [0.5, 0.6) is 0 Å². The van der Waals surface area contributed by atoms with Gasteiger partial charge in [0.15, 0.2) is 0 Å². The highest BCUT2D eigenvalue weighted by atomic mass is 35.5. The molecule has 6 aromatic rings. The highest BCUT2D eigenvalue weighted by Gasteiger charge is 2.64. The second-order valence-electron chi connectivity index (χ2n) is 12.4. The molecular formula is C41H27Cl. The molecule has 1 heteroatoms. The molecule has 0 saturated heterocycles. The topological polar surface area (TPSA) is 0 Å². The van der Waals surface area contributed by atoms with Gasteiger partial charge in [0.05, 0.1) is 5.41 Å². The van der Waals surface area contributed by atoms with Crippen LogP contribution in [0, 0.1) is 0 Å². The molecule has 0 fully saturated rings. The monoisotopic (exact) mass is 554 g/mol. The van der Waals surface area contributed by atoms with Crippen molar-refractivity contribution in [3.8, 4) is 0 Å². The fraction of sp³-hybridized carbons (Fsp3) is 0.122. The molecule has 0 aliphatic heterocycles. The lowest BCUT2D eigenvalue weighted by Gasteiger charge is -2.58. The van der Waals surface area contributed by atoms with Crippen molar-refractivity contribution in [1.29, 1.82) is 0 Å². The Bertz CT molecular complexity index is 1940. The van der Waals surface area contributed by atoms with E-state index < -0.39 is 10.3 Å². The van der Waals surface area contributed by atoms with Crippen molar-refractivity contribution < 1.29 is 0 Å². The minimum absolute atomic E-state index is 0.0950. The summed E-state index contributed by atoms with van der Waals surface area (Å²) >= 11 is 8.58. The summed E-state index contributed by atoms with van der Waals surface area (Å²) < 4.78 is 0. The first kappa shape index (κ1) is 23.2. The molecular weight excluding hydrogens is 528 g/mol. The third kappa shape index (κ3) is 2.46. The fourth-order valence-corrected chi connectivity index (χ4v) is 10.3. The van der Waals surface area contributed by atoms with Gasteiger partial charge in [0, 0.05) is 17.8 Å². The fourth-order valence-electron chi connectivity index (χ4n) is 9.63. The first-order valence-electron chi connectivity index (χ1n) is 15.0. The van der Waals surface area contributed by atoms with Crippen molar-refractivity contribution in [2.45, 2.75) is 28.0 Å². The molecule has 1 atom stereocenters. The highest BCUT2D eigenvalue weighted by molar-refractivity contribution is 6.28. The molecule has 6 aliphatic rings. The minimum atomic E-state index is -0.798. The van der Waals surface area contributed by atoms with Gasteiger partial charge in [-0.05, 0) is 66.8 Å². The van der Waals surface area contributed by atoms with Gasteiger partial charge in [-0.25, -0.2) is 0 Å². The van der Waals surface area contributed by atoms with Gasteiger partial charge < -0.3 is 0 Å². The molecule has 0 radical (unpaired) electrons. The van der Waals surface area contributed by atoms with E-state index in [0.29, 0.717) is 0 Å². The smallest absolute Gasteiger partial charge is 0.103 e. The number of alkyl halides is 1. The predicted molar refractivity (Wildman–Crippen MR) is 170 cm³/mol. The molecule has 0 aromatic heterocycles. The van der Waals surface area contributed by atoms with Gasteiger partial charge in [0.1, 0.15) is 4.87 Å². The quantitative estimate of drug-likeness (QED) is 0.177. The first-order chi connectivity index (χ1) is 20.8. The molecule has 1 unspecified atom stereocenters. The molecule has 0 spiro atoms. The Morgan fingerprint density at radius 2 is 0.619 bits per heavy atom. The van der Waals surface area contributed by atoms with Crippen LogP contribution < -0.4 is 0 Å². The van der Waals surface area contributed by atoms with Gasteiger partial charge in [0.25, 0.3) is 0 Å². The molecule has 0 saturated carbocycles. The van der Waals surface area contributed by atoms with Gasteiger partial charge in [-0.2, -0.15) is 0 Å². The minimum Gasteiger partial charge on any atom is -0.108 e. The summed E-state index contributed by atoms with van der Waals surface area (Å²) in [5, 5.41) is 0. The number of benzene rings is 6. The summed E-state index contributed by atoms with van der Waals surface area (Å²) in [6, 6.07) is 54.8. The Labute approximate surface area is 251 Å². The largest absolute Gasteiger partial charge is 0.108 e. The number of halogens is 1. The average Bonchev–Trinajstić information content (AvgIpc) is 3.22. The summed E-state index contributed by atoms with van der Waals surface area (Å²) in [7, 11) is 0. The molecule has 42 heavy (non-hydrogen) atoms.